The first-order valence-corrected chi connectivity index (χ1v) is 7.31. The zero-order chi connectivity index (χ0) is 12.8. The van der Waals surface area contributed by atoms with Crippen LogP contribution in [0.15, 0.2) is 24.3 Å². The number of alkyl halides is 1. The molecular weight excluding hydrogens is 275 g/mol. The first kappa shape index (κ1) is 14.9. The zero-order valence-electron chi connectivity index (χ0n) is 9.95. The fourth-order valence-corrected chi connectivity index (χ4v) is 2.52. The fraction of sp³-hybridized carbons (Fsp3) is 0.462. The molecule has 0 N–H and O–H groups in total. The summed E-state index contributed by atoms with van der Waals surface area (Å²) in [7, 11) is 0. The lowest BCUT2D eigenvalue weighted by molar-refractivity contribution is -0.110. The molecule has 94 valence electrons. The monoisotopic (exact) mass is 290 g/mol. The number of hydrogen-bond donors (Lipinski definition) is 0. The van der Waals surface area contributed by atoms with E-state index < -0.39 is 5.38 Å². The Kier molecular flexibility index (Phi) is 6.39. The number of rotatable bonds is 5. The lowest BCUT2D eigenvalue weighted by Gasteiger charge is -2.11. The highest BCUT2D eigenvalue weighted by Gasteiger charge is 2.18. The summed E-state index contributed by atoms with van der Waals surface area (Å²) in [5, 5.41) is 0.611. The Morgan fingerprint density at radius 1 is 1.35 bits per heavy atom. The molecule has 0 aliphatic carbocycles. The van der Waals surface area contributed by atoms with E-state index in [4.69, 9.17) is 23.2 Å². The third kappa shape index (κ3) is 5.33. The lowest BCUT2D eigenvalue weighted by atomic mass is 10.1. The maximum absolute atomic E-state index is 11.8. The molecule has 1 aromatic carbocycles. The highest BCUT2D eigenvalue weighted by molar-refractivity contribution is 8.14. The topological polar surface area (TPSA) is 17.1 Å². The van der Waals surface area contributed by atoms with Crippen LogP contribution < -0.4 is 0 Å². The Hall–Kier alpha value is -0.180. The predicted octanol–water partition coefficient (Wildman–Crippen LogP) is 4.55. The number of hydrogen-bond acceptors (Lipinski definition) is 2. The third-order valence-electron chi connectivity index (χ3n) is 2.48. The van der Waals surface area contributed by atoms with Crippen molar-refractivity contribution in [1.82, 2.24) is 0 Å². The first-order chi connectivity index (χ1) is 8.02. The van der Waals surface area contributed by atoms with Crippen LogP contribution in [0.2, 0.25) is 5.02 Å². The van der Waals surface area contributed by atoms with Crippen molar-refractivity contribution in [3.05, 3.63) is 34.9 Å². The summed E-state index contributed by atoms with van der Waals surface area (Å²) in [4.78, 5) is 11.8. The number of thioether (sulfide) groups is 1. The van der Waals surface area contributed by atoms with Crippen molar-refractivity contribution in [2.75, 3.05) is 0 Å². The number of carbonyl (C=O) groups excluding carboxylic acids is 1. The van der Waals surface area contributed by atoms with E-state index in [2.05, 4.69) is 6.92 Å². The molecule has 1 rings (SSSR count). The van der Waals surface area contributed by atoms with Crippen LogP contribution >= 0.6 is 35.0 Å². The Morgan fingerprint density at radius 2 is 1.94 bits per heavy atom. The average molecular weight is 291 g/mol. The minimum absolute atomic E-state index is 0.0518. The van der Waals surface area contributed by atoms with Crippen LogP contribution in [-0.4, -0.2) is 15.7 Å². The lowest BCUT2D eigenvalue weighted by Crippen LogP contribution is -2.16. The molecule has 0 saturated heterocycles. The molecule has 0 saturated carbocycles. The normalized spacial score (nSPS) is 14.4. The first-order valence-electron chi connectivity index (χ1n) is 5.62. The number of carbonyl (C=O) groups is 1. The van der Waals surface area contributed by atoms with E-state index in [1.54, 1.807) is 0 Å². The number of benzene rings is 1. The summed E-state index contributed by atoms with van der Waals surface area (Å²) in [6.45, 7) is 4.10. The van der Waals surface area contributed by atoms with E-state index in [0.29, 0.717) is 16.7 Å². The Morgan fingerprint density at radius 3 is 2.47 bits per heavy atom. The quantitative estimate of drug-likeness (QED) is 0.740. The third-order valence-corrected chi connectivity index (χ3v) is 4.46. The van der Waals surface area contributed by atoms with Crippen LogP contribution in [0.3, 0.4) is 0 Å². The van der Waals surface area contributed by atoms with E-state index >= 15 is 0 Å². The van der Waals surface area contributed by atoms with Crippen LogP contribution in [-0.2, 0) is 11.2 Å². The summed E-state index contributed by atoms with van der Waals surface area (Å²) < 4.78 is 0. The van der Waals surface area contributed by atoms with Gasteiger partial charge in [-0.05, 0) is 30.5 Å². The number of halogens is 2. The highest BCUT2D eigenvalue weighted by atomic mass is 35.5. The van der Waals surface area contributed by atoms with Gasteiger partial charge in [-0.1, -0.05) is 49.3 Å². The molecule has 1 aromatic rings. The molecule has 0 radical (unpaired) electrons. The van der Waals surface area contributed by atoms with E-state index in [1.807, 2.05) is 31.2 Å². The van der Waals surface area contributed by atoms with Gasteiger partial charge in [0.25, 0.3) is 0 Å². The van der Waals surface area contributed by atoms with Crippen molar-refractivity contribution >= 4 is 40.1 Å². The SMILES string of the molecule is CCC(C)SC(=O)C(Cl)Cc1ccc(Cl)cc1. The van der Waals surface area contributed by atoms with Gasteiger partial charge in [0.1, 0.15) is 5.38 Å². The van der Waals surface area contributed by atoms with Crippen LogP contribution in [0.1, 0.15) is 25.8 Å². The largest absolute Gasteiger partial charge is 0.286 e. The molecule has 0 aliphatic heterocycles. The molecule has 0 spiro atoms. The molecule has 4 heteroatoms. The Labute approximate surface area is 117 Å². The molecule has 17 heavy (non-hydrogen) atoms. The minimum Gasteiger partial charge on any atom is -0.286 e. The molecule has 1 nitrogen and oxygen atoms in total. The standard InChI is InChI=1S/C13H16Cl2OS/c1-3-9(2)17-13(16)12(15)8-10-4-6-11(14)7-5-10/h4-7,9,12H,3,8H2,1-2H3. The molecule has 2 unspecified atom stereocenters. The molecular formula is C13H16Cl2OS. The molecule has 0 aliphatic rings. The summed E-state index contributed by atoms with van der Waals surface area (Å²) in [6.07, 6.45) is 1.53. The smallest absolute Gasteiger partial charge is 0.207 e. The van der Waals surface area contributed by atoms with Gasteiger partial charge in [-0.25, -0.2) is 0 Å². The maximum Gasteiger partial charge on any atom is 0.207 e. The van der Waals surface area contributed by atoms with Crippen LogP contribution in [0.25, 0.3) is 0 Å². The van der Waals surface area contributed by atoms with E-state index in [0.717, 1.165) is 12.0 Å². The average Bonchev–Trinajstić information content (AvgIpc) is 2.31. The van der Waals surface area contributed by atoms with Crippen molar-refractivity contribution in [3.63, 3.8) is 0 Å². The van der Waals surface area contributed by atoms with Gasteiger partial charge < -0.3 is 0 Å². The van der Waals surface area contributed by atoms with Crippen LogP contribution in [0.4, 0.5) is 0 Å². The van der Waals surface area contributed by atoms with Crippen molar-refractivity contribution in [1.29, 1.82) is 0 Å². The van der Waals surface area contributed by atoms with Gasteiger partial charge in [0.2, 0.25) is 5.12 Å². The van der Waals surface area contributed by atoms with Gasteiger partial charge in [0.05, 0.1) is 0 Å². The summed E-state index contributed by atoms with van der Waals surface area (Å²) >= 11 is 13.2. The second kappa shape index (κ2) is 7.30. The zero-order valence-corrected chi connectivity index (χ0v) is 12.3. The van der Waals surface area contributed by atoms with E-state index in [-0.39, 0.29) is 5.12 Å². The minimum atomic E-state index is -0.463. The van der Waals surface area contributed by atoms with Gasteiger partial charge in [0.15, 0.2) is 0 Å². The molecule has 0 amide bonds. The van der Waals surface area contributed by atoms with Gasteiger partial charge in [0, 0.05) is 10.3 Å². The van der Waals surface area contributed by atoms with Crippen LogP contribution in [0.5, 0.6) is 0 Å². The van der Waals surface area contributed by atoms with E-state index in [9.17, 15) is 4.79 Å². The second-order valence-corrected chi connectivity index (χ2v) is 6.36. The maximum atomic E-state index is 11.8. The van der Waals surface area contributed by atoms with Crippen molar-refractivity contribution < 1.29 is 4.79 Å². The van der Waals surface area contributed by atoms with Crippen molar-refractivity contribution in [2.45, 2.75) is 37.3 Å². The van der Waals surface area contributed by atoms with Gasteiger partial charge in [-0.15, -0.1) is 11.6 Å². The molecule has 2 atom stereocenters. The summed E-state index contributed by atoms with van der Waals surface area (Å²) in [5.74, 6) is 0. The van der Waals surface area contributed by atoms with E-state index in [1.165, 1.54) is 11.8 Å². The Bertz CT molecular complexity index is 364. The molecule has 0 fully saturated rings. The Balaban J connectivity index is 2.51. The van der Waals surface area contributed by atoms with Crippen LogP contribution in [0, 0.1) is 0 Å². The fourth-order valence-electron chi connectivity index (χ4n) is 1.27. The van der Waals surface area contributed by atoms with Gasteiger partial charge in [-0.3, -0.25) is 4.79 Å². The second-order valence-electron chi connectivity index (χ2n) is 3.95. The predicted molar refractivity (Wildman–Crippen MR) is 77.1 cm³/mol. The molecule has 0 bridgehead atoms. The highest BCUT2D eigenvalue weighted by Crippen LogP contribution is 2.21. The van der Waals surface area contributed by atoms with Crippen molar-refractivity contribution in [3.8, 4) is 0 Å². The summed E-state index contributed by atoms with van der Waals surface area (Å²) in [6, 6.07) is 7.43. The summed E-state index contributed by atoms with van der Waals surface area (Å²) in [5.41, 5.74) is 1.03. The molecule has 0 aromatic heterocycles. The van der Waals surface area contributed by atoms with Crippen molar-refractivity contribution in [2.24, 2.45) is 0 Å². The van der Waals surface area contributed by atoms with Gasteiger partial charge in [-0.2, -0.15) is 0 Å². The molecule has 0 heterocycles. The van der Waals surface area contributed by atoms with Gasteiger partial charge >= 0.3 is 0 Å².